The van der Waals surface area contributed by atoms with Gasteiger partial charge in [-0.2, -0.15) is 5.10 Å². The molecular formula is C15H24ClN3O. The molecule has 1 aromatic heterocycles. The monoisotopic (exact) mass is 297 g/mol. The Balaban J connectivity index is 1.74. The van der Waals surface area contributed by atoms with Crippen LogP contribution in [0.4, 0.5) is 0 Å². The molecule has 20 heavy (non-hydrogen) atoms. The van der Waals surface area contributed by atoms with Crippen LogP contribution in [0.1, 0.15) is 49.4 Å². The average molecular weight is 298 g/mol. The molecule has 0 aliphatic carbocycles. The van der Waals surface area contributed by atoms with Gasteiger partial charge in [-0.3, -0.25) is 9.58 Å². The highest BCUT2D eigenvalue weighted by Crippen LogP contribution is 2.37. The van der Waals surface area contributed by atoms with E-state index in [2.05, 4.69) is 16.9 Å². The van der Waals surface area contributed by atoms with Crippen molar-refractivity contribution in [3.8, 4) is 0 Å². The summed E-state index contributed by atoms with van der Waals surface area (Å²) in [6.07, 6.45) is 6.54. The van der Waals surface area contributed by atoms with Crippen LogP contribution in [0.25, 0.3) is 0 Å². The van der Waals surface area contributed by atoms with Crippen LogP contribution in [-0.2, 0) is 11.8 Å². The topological polar surface area (TPSA) is 30.3 Å². The van der Waals surface area contributed by atoms with Crippen molar-refractivity contribution in [2.45, 2.75) is 51.2 Å². The highest BCUT2D eigenvalue weighted by atomic mass is 35.5. The lowest BCUT2D eigenvalue weighted by molar-refractivity contribution is -0.00809. The standard InChI is InChI=1S/C15H24ClN3O/c1-11-14(15(16)18(2)17-11)13-7-5-8-19(13)10-12-6-3-4-9-20-12/h12-13H,3-10H2,1-2H3. The lowest BCUT2D eigenvalue weighted by Gasteiger charge is -2.31. The molecule has 0 N–H and O–H groups in total. The van der Waals surface area contributed by atoms with Crippen LogP contribution >= 0.6 is 11.6 Å². The zero-order chi connectivity index (χ0) is 14.1. The van der Waals surface area contributed by atoms with Gasteiger partial charge in [0.1, 0.15) is 5.15 Å². The predicted molar refractivity (Wildman–Crippen MR) is 80.1 cm³/mol. The second-order valence-corrected chi connectivity index (χ2v) is 6.41. The normalized spacial score (nSPS) is 28.1. The molecular weight excluding hydrogens is 274 g/mol. The molecule has 112 valence electrons. The highest BCUT2D eigenvalue weighted by molar-refractivity contribution is 6.30. The van der Waals surface area contributed by atoms with E-state index in [1.54, 1.807) is 4.68 Å². The SMILES string of the molecule is Cc1nn(C)c(Cl)c1C1CCCN1CC1CCCCO1. The van der Waals surface area contributed by atoms with Crippen LogP contribution in [0, 0.1) is 6.92 Å². The van der Waals surface area contributed by atoms with Crippen molar-refractivity contribution in [3.63, 3.8) is 0 Å². The van der Waals surface area contributed by atoms with E-state index in [1.165, 1.54) is 37.7 Å². The van der Waals surface area contributed by atoms with E-state index in [0.29, 0.717) is 12.1 Å². The largest absolute Gasteiger partial charge is 0.377 e. The number of hydrogen-bond acceptors (Lipinski definition) is 3. The molecule has 2 atom stereocenters. The van der Waals surface area contributed by atoms with Crippen molar-refractivity contribution in [1.29, 1.82) is 0 Å². The molecule has 3 rings (SSSR count). The maximum atomic E-state index is 6.44. The fourth-order valence-electron chi connectivity index (χ4n) is 3.61. The van der Waals surface area contributed by atoms with Crippen LogP contribution in [0.15, 0.2) is 0 Å². The molecule has 2 fully saturated rings. The number of hydrogen-bond donors (Lipinski definition) is 0. The Kier molecular flexibility index (Phi) is 4.34. The first-order chi connectivity index (χ1) is 9.66. The lowest BCUT2D eigenvalue weighted by Crippen LogP contribution is -2.35. The Bertz CT molecular complexity index is 468. The van der Waals surface area contributed by atoms with Crippen LogP contribution in [0.5, 0.6) is 0 Å². The third kappa shape index (κ3) is 2.74. The van der Waals surface area contributed by atoms with Gasteiger partial charge in [0.2, 0.25) is 0 Å². The quantitative estimate of drug-likeness (QED) is 0.859. The maximum Gasteiger partial charge on any atom is 0.131 e. The molecule has 3 heterocycles. The molecule has 0 aromatic carbocycles. The van der Waals surface area contributed by atoms with Gasteiger partial charge in [-0.25, -0.2) is 0 Å². The Hall–Kier alpha value is -0.580. The van der Waals surface area contributed by atoms with E-state index in [-0.39, 0.29) is 0 Å². The first kappa shape index (κ1) is 14.4. The molecule has 4 nitrogen and oxygen atoms in total. The first-order valence-electron chi connectivity index (χ1n) is 7.71. The molecule has 2 unspecified atom stereocenters. The van der Waals surface area contributed by atoms with Gasteiger partial charge in [0.25, 0.3) is 0 Å². The number of aryl methyl sites for hydroxylation is 2. The van der Waals surface area contributed by atoms with E-state index < -0.39 is 0 Å². The van der Waals surface area contributed by atoms with Gasteiger partial charge >= 0.3 is 0 Å². The summed E-state index contributed by atoms with van der Waals surface area (Å²) in [6, 6.07) is 0.418. The Morgan fingerprint density at radius 2 is 2.15 bits per heavy atom. The van der Waals surface area contributed by atoms with Gasteiger partial charge in [-0.15, -0.1) is 0 Å². The molecule has 2 saturated heterocycles. The van der Waals surface area contributed by atoms with Crippen molar-refractivity contribution < 1.29 is 4.74 Å². The van der Waals surface area contributed by atoms with Gasteiger partial charge < -0.3 is 4.74 Å². The smallest absolute Gasteiger partial charge is 0.131 e. The van der Waals surface area contributed by atoms with E-state index in [0.717, 1.165) is 30.5 Å². The maximum absolute atomic E-state index is 6.44. The fraction of sp³-hybridized carbons (Fsp3) is 0.800. The summed E-state index contributed by atoms with van der Waals surface area (Å²) in [7, 11) is 1.92. The van der Waals surface area contributed by atoms with E-state index >= 15 is 0 Å². The number of halogens is 1. The molecule has 2 aliphatic rings. The average Bonchev–Trinajstić information content (AvgIpc) is 2.97. The summed E-state index contributed by atoms with van der Waals surface area (Å²) >= 11 is 6.44. The summed E-state index contributed by atoms with van der Waals surface area (Å²) in [4.78, 5) is 2.55. The number of ether oxygens (including phenoxy) is 1. The zero-order valence-electron chi connectivity index (χ0n) is 12.4. The summed E-state index contributed by atoms with van der Waals surface area (Å²) in [6.45, 7) is 5.18. The summed E-state index contributed by atoms with van der Waals surface area (Å²) in [5, 5.41) is 5.26. The van der Waals surface area contributed by atoms with Crippen molar-refractivity contribution >= 4 is 11.6 Å². The van der Waals surface area contributed by atoms with Crippen LogP contribution in [-0.4, -0.2) is 40.5 Å². The van der Waals surface area contributed by atoms with Crippen molar-refractivity contribution in [1.82, 2.24) is 14.7 Å². The van der Waals surface area contributed by atoms with Gasteiger partial charge in [0.05, 0.1) is 11.8 Å². The molecule has 0 bridgehead atoms. The minimum Gasteiger partial charge on any atom is -0.377 e. The van der Waals surface area contributed by atoms with Crippen molar-refractivity contribution in [3.05, 3.63) is 16.4 Å². The van der Waals surface area contributed by atoms with E-state index in [1.807, 2.05) is 7.05 Å². The lowest BCUT2D eigenvalue weighted by atomic mass is 10.0. The summed E-state index contributed by atoms with van der Waals surface area (Å²) < 4.78 is 7.69. The number of rotatable bonds is 3. The Labute approximate surface area is 126 Å². The minimum absolute atomic E-state index is 0.403. The minimum atomic E-state index is 0.403. The van der Waals surface area contributed by atoms with Gasteiger partial charge in [0.15, 0.2) is 0 Å². The number of nitrogens with zero attached hydrogens (tertiary/aromatic N) is 3. The third-order valence-corrected chi connectivity index (χ3v) is 5.05. The molecule has 0 radical (unpaired) electrons. The summed E-state index contributed by atoms with van der Waals surface area (Å²) in [5.74, 6) is 0. The van der Waals surface area contributed by atoms with Crippen LogP contribution in [0.3, 0.4) is 0 Å². The second-order valence-electron chi connectivity index (χ2n) is 6.06. The predicted octanol–water partition coefficient (Wildman–Crippen LogP) is 3.09. The van der Waals surface area contributed by atoms with Crippen LogP contribution in [0.2, 0.25) is 5.15 Å². The fourth-order valence-corrected chi connectivity index (χ4v) is 3.91. The van der Waals surface area contributed by atoms with Crippen molar-refractivity contribution in [2.75, 3.05) is 19.7 Å². The molecule has 0 spiro atoms. The number of aromatic nitrogens is 2. The first-order valence-corrected chi connectivity index (χ1v) is 8.09. The van der Waals surface area contributed by atoms with Gasteiger partial charge in [-0.05, 0) is 45.6 Å². The highest BCUT2D eigenvalue weighted by Gasteiger charge is 2.32. The summed E-state index contributed by atoms with van der Waals surface area (Å²) in [5.41, 5.74) is 2.29. The van der Waals surface area contributed by atoms with E-state index in [4.69, 9.17) is 16.3 Å². The molecule has 5 heteroatoms. The van der Waals surface area contributed by atoms with Crippen molar-refractivity contribution in [2.24, 2.45) is 7.05 Å². The molecule has 2 aliphatic heterocycles. The van der Waals surface area contributed by atoms with Crippen LogP contribution < -0.4 is 0 Å². The van der Waals surface area contributed by atoms with E-state index in [9.17, 15) is 0 Å². The zero-order valence-corrected chi connectivity index (χ0v) is 13.2. The van der Waals surface area contributed by atoms with Gasteiger partial charge in [-0.1, -0.05) is 11.6 Å². The number of likely N-dealkylation sites (tertiary alicyclic amines) is 1. The molecule has 1 aromatic rings. The Morgan fingerprint density at radius 1 is 1.30 bits per heavy atom. The third-order valence-electron chi connectivity index (χ3n) is 4.61. The van der Waals surface area contributed by atoms with Gasteiger partial charge in [0, 0.05) is 31.8 Å². The Morgan fingerprint density at radius 3 is 2.80 bits per heavy atom. The molecule has 0 amide bonds. The molecule has 0 saturated carbocycles. The second kappa shape index (κ2) is 6.04.